The number of hydrogen-bond donors (Lipinski definition) is 1. The van der Waals surface area contributed by atoms with Crippen LogP contribution in [0.15, 0.2) is 24.3 Å². The highest BCUT2D eigenvalue weighted by molar-refractivity contribution is 5.90. The van der Waals surface area contributed by atoms with Crippen molar-refractivity contribution in [2.24, 2.45) is 5.92 Å². The van der Waals surface area contributed by atoms with Crippen LogP contribution in [0.5, 0.6) is 0 Å². The maximum Gasteiger partial charge on any atom is 0.410 e. The van der Waals surface area contributed by atoms with E-state index in [0.717, 1.165) is 47.0 Å². The second-order valence-corrected chi connectivity index (χ2v) is 14.8. The van der Waals surface area contributed by atoms with Crippen molar-refractivity contribution in [1.29, 1.82) is 0 Å². The first-order valence-electron chi connectivity index (χ1n) is 17.2. The standard InChI is InChI=1S/C36H54FN3O10/c1-23(31(42)43)48-32(44)27(21-25-9-10-25)38(7)30(41)29(16-13-24-11-14-26(15-12-24)40-17-19-47-20-18-40)49-33(45)28(22-36(5,6)37)39(8)34(46)50-35(2,3)4/h11-12,14-15,23,25,27-29H,9-10,13,16-22H2,1-8H3,(H,42,43)/t23-,27+,28+,29-/m1/s1. The maximum absolute atomic E-state index is 15.0. The van der Waals surface area contributed by atoms with Crippen molar-refractivity contribution in [1.82, 2.24) is 9.80 Å². The molecule has 1 aromatic rings. The molecule has 280 valence electrons. The van der Waals surface area contributed by atoms with Crippen molar-refractivity contribution in [2.45, 2.75) is 116 Å². The Kier molecular flexibility index (Phi) is 14.0. The van der Waals surface area contributed by atoms with Crippen LogP contribution in [0.2, 0.25) is 0 Å². The summed E-state index contributed by atoms with van der Waals surface area (Å²) in [6, 6.07) is 5.20. The molecule has 1 aliphatic carbocycles. The SMILES string of the molecule is C[C@@H](OC(=O)[C@H](CC1CC1)N(C)C(=O)[C@@H](CCc1ccc(N2CCOCC2)cc1)OC(=O)[C@H](CC(C)(C)F)N(C)C(=O)OC(C)(C)C)C(=O)O. The van der Waals surface area contributed by atoms with Crippen LogP contribution in [0.25, 0.3) is 0 Å². The van der Waals surface area contributed by atoms with Crippen LogP contribution in [0.3, 0.4) is 0 Å². The second kappa shape index (κ2) is 17.3. The third-order valence-electron chi connectivity index (χ3n) is 8.62. The van der Waals surface area contributed by atoms with E-state index < -0.39 is 71.9 Å². The van der Waals surface area contributed by atoms with Crippen LogP contribution in [0.1, 0.15) is 79.2 Å². The summed E-state index contributed by atoms with van der Waals surface area (Å²) >= 11 is 0. The molecule has 1 heterocycles. The van der Waals surface area contributed by atoms with Crippen molar-refractivity contribution in [3.8, 4) is 0 Å². The van der Waals surface area contributed by atoms with E-state index in [1.165, 1.54) is 34.9 Å². The van der Waals surface area contributed by atoms with Crippen LogP contribution < -0.4 is 4.90 Å². The molecule has 1 aliphatic heterocycles. The van der Waals surface area contributed by atoms with Gasteiger partial charge >= 0.3 is 24.0 Å². The van der Waals surface area contributed by atoms with Gasteiger partial charge in [-0.3, -0.25) is 9.69 Å². The zero-order valence-corrected chi connectivity index (χ0v) is 30.6. The molecule has 0 spiro atoms. The zero-order chi connectivity index (χ0) is 37.4. The average molecular weight is 708 g/mol. The number of carbonyl (C=O) groups is 5. The van der Waals surface area contributed by atoms with Gasteiger partial charge in [-0.15, -0.1) is 0 Å². The normalized spacial score (nSPS) is 17.5. The number of nitrogens with zero attached hydrogens (tertiary/aromatic N) is 3. The zero-order valence-electron chi connectivity index (χ0n) is 30.6. The smallest absolute Gasteiger partial charge is 0.410 e. The molecular formula is C36H54FN3O10. The Labute approximate surface area is 294 Å². The second-order valence-electron chi connectivity index (χ2n) is 14.8. The molecule has 4 atom stereocenters. The molecule has 0 bridgehead atoms. The summed E-state index contributed by atoms with van der Waals surface area (Å²) in [6.07, 6.45) is -1.94. The van der Waals surface area contributed by atoms with E-state index in [-0.39, 0.29) is 18.8 Å². The minimum absolute atomic E-state index is 0.00439. The summed E-state index contributed by atoms with van der Waals surface area (Å²) in [5.74, 6) is -3.80. The summed E-state index contributed by atoms with van der Waals surface area (Å²) < 4.78 is 36.9. The third kappa shape index (κ3) is 12.7. The van der Waals surface area contributed by atoms with Gasteiger partial charge in [-0.05, 0) is 84.4 Å². The topological polar surface area (TPSA) is 152 Å². The van der Waals surface area contributed by atoms with Gasteiger partial charge in [0.2, 0.25) is 0 Å². The lowest BCUT2D eigenvalue weighted by Gasteiger charge is -2.34. The van der Waals surface area contributed by atoms with Gasteiger partial charge in [0.25, 0.3) is 5.91 Å². The van der Waals surface area contributed by atoms with Gasteiger partial charge in [-0.2, -0.15) is 0 Å². The van der Waals surface area contributed by atoms with Crippen molar-refractivity contribution in [2.75, 3.05) is 45.3 Å². The number of hydrogen-bond acceptors (Lipinski definition) is 10. The number of ether oxygens (including phenoxy) is 4. The molecule has 0 unspecified atom stereocenters. The fraction of sp³-hybridized carbons (Fsp3) is 0.694. The lowest BCUT2D eigenvalue weighted by molar-refractivity contribution is -0.172. The largest absolute Gasteiger partial charge is 0.479 e. The number of aryl methyl sites for hydroxylation is 1. The first-order chi connectivity index (χ1) is 23.3. The molecule has 3 rings (SSSR count). The Morgan fingerprint density at radius 3 is 2.04 bits per heavy atom. The average Bonchev–Trinajstić information content (AvgIpc) is 3.87. The molecule has 50 heavy (non-hydrogen) atoms. The van der Waals surface area contributed by atoms with E-state index in [4.69, 9.17) is 18.9 Å². The van der Waals surface area contributed by atoms with Gasteiger partial charge in [0, 0.05) is 39.3 Å². The number of carboxylic acid groups (broad SMARTS) is 1. The Morgan fingerprint density at radius 1 is 0.940 bits per heavy atom. The summed E-state index contributed by atoms with van der Waals surface area (Å²) in [7, 11) is 2.69. The molecule has 0 aromatic heterocycles. The summed E-state index contributed by atoms with van der Waals surface area (Å²) in [6.45, 7) is 11.5. The molecule has 2 aliphatic rings. The first-order valence-corrected chi connectivity index (χ1v) is 17.2. The predicted molar refractivity (Wildman–Crippen MR) is 182 cm³/mol. The van der Waals surface area contributed by atoms with Crippen molar-refractivity contribution >= 4 is 35.6 Å². The van der Waals surface area contributed by atoms with Gasteiger partial charge in [0.05, 0.1) is 13.2 Å². The molecule has 2 amide bonds. The molecule has 14 heteroatoms. The molecule has 1 aromatic carbocycles. The lowest BCUT2D eigenvalue weighted by Crippen LogP contribution is -2.52. The van der Waals surface area contributed by atoms with Crippen LogP contribution in [0.4, 0.5) is 14.9 Å². The van der Waals surface area contributed by atoms with Crippen molar-refractivity contribution < 1.29 is 52.4 Å². The maximum atomic E-state index is 15.0. The summed E-state index contributed by atoms with van der Waals surface area (Å²) in [5, 5.41) is 9.30. The minimum atomic E-state index is -1.90. The Bertz CT molecular complexity index is 1330. The van der Waals surface area contributed by atoms with Gasteiger partial charge in [-0.25, -0.2) is 23.6 Å². The summed E-state index contributed by atoms with van der Waals surface area (Å²) in [4.78, 5) is 69.9. The van der Waals surface area contributed by atoms with E-state index in [1.807, 2.05) is 24.3 Å². The Balaban J connectivity index is 1.89. The van der Waals surface area contributed by atoms with Crippen LogP contribution in [0, 0.1) is 5.92 Å². The number of esters is 2. The highest BCUT2D eigenvalue weighted by Crippen LogP contribution is 2.35. The van der Waals surface area contributed by atoms with Gasteiger partial charge in [-0.1, -0.05) is 25.0 Å². The number of benzene rings is 1. The number of carbonyl (C=O) groups excluding carboxylic acids is 4. The van der Waals surface area contributed by atoms with Gasteiger partial charge in [0.1, 0.15) is 23.4 Å². The molecule has 2 fully saturated rings. The fourth-order valence-electron chi connectivity index (χ4n) is 5.51. The molecular weight excluding hydrogens is 653 g/mol. The Hall–Kier alpha value is -3.94. The minimum Gasteiger partial charge on any atom is -0.479 e. The molecule has 1 saturated carbocycles. The number of rotatable bonds is 16. The number of likely N-dealkylation sites (N-methyl/N-ethyl adjacent to an activating group) is 2. The monoisotopic (exact) mass is 707 g/mol. The van der Waals surface area contributed by atoms with Crippen molar-refractivity contribution in [3.05, 3.63) is 29.8 Å². The van der Waals surface area contributed by atoms with E-state index >= 15 is 4.39 Å². The lowest BCUT2D eigenvalue weighted by atomic mass is 9.99. The third-order valence-corrected chi connectivity index (χ3v) is 8.62. The first kappa shape index (κ1) is 40.5. The highest BCUT2D eigenvalue weighted by Gasteiger charge is 2.41. The fourth-order valence-corrected chi connectivity index (χ4v) is 5.51. The number of alkyl halides is 1. The highest BCUT2D eigenvalue weighted by atomic mass is 19.1. The number of amides is 2. The van der Waals surface area contributed by atoms with Gasteiger partial charge in [0.15, 0.2) is 12.2 Å². The molecule has 13 nitrogen and oxygen atoms in total. The van der Waals surface area contributed by atoms with E-state index in [1.54, 1.807) is 20.8 Å². The Morgan fingerprint density at radius 2 is 1.52 bits per heavy atom. The molecule has 0 radical (unpaired) electrons. The quantitative estimate of drug-likeness (QED) is 0.192. The van der Waals surface area contributed by atoms with Crippen LogP contribution in [-0.4, -0.2) is 121 Å². The van der Waals surface area contributed by atoms with E-state index in [0.29, 0.717) is 19.6 Å². The van der Waals surface area contributed by atoms with Crippen molar-refractivity contribution in [3.63, 3.8) is 0 Å². The molecule has 1 N–H and O–H groups in total. The molecule has 1 saturated heterocycles. The number of anilines is 1. The number of halogens is 1. The van der Waals surface area contributed by atoms with E-state index in [2.05, 4.69) is 4.90 Å². The van der Waals surface area contributed by atoms with Gasteiger partial charge < -0.3 is 33.9 Å². The van der Waals surface area contributed by atoms with Crippen LogP contribution >= 0.6 is 0 Å². The predicted octanol–water partition coefficient (Wildman–Crippen LogP) is 4.38. The number of aliphatic carboxylic acids is 1. The summed E-state index contributed by atoms with van der Waals surface area (Å²) in [5.41, 5.74) is -0.921. The number of carboxylic acids is 1. The van der Waals surface area contributed by atoms with E-state index in [9.17, 15) is 29.1 Å². The number of morpholine rings is 1. The van der Waals surface area contributed by atoms with Crippen LogP contribution in [-0.2, 0) is 44.5 Å².